The van der Waals surface area contributed by atoms with E-state index in [-0.39, 0.29) is 31.3 Å². The molecule has 3 amide bonds. The average molecular weight is 579 g/mol. The average Bonchev–Trinajstić information content (AvgIpc) is 3.48. The molecule has 1 atom stereocenters. The van der Waals surface area contributed by atoms with Crippen molar-refractivity contribution < 1.29 is 19.1 Å². The molecular weight excluding hydrogens is 544 g/mol. The van der Waals surface area contributed by atoms with Crippen molar-refractivity contribution in [2.24, 2.45) is 0 Å². The Kier molecular flexibility index (Phi) is 9.44. The third-order valence-corrected chi connectivity index (χ3v) is 7.80. The number of hydrogen-bond acceptors (Lipinski definition) is 6. The number of rotatable bonds is 11. The molecule has 0 aliphatic carbocycles. The molecule has 2 heterocycles. The van der Waals surface area contributed by atoms with Gasteiger partial charge in [-0.05, 0) is 34.0 Å². The van der Waals surface area contributed by atoms with Crippen LogP contribution in [0.15, 0.2) is 79.3 Å². The van der Waals surface area contributed by atoms with Crippen LogP contribution in [0.4, 0.5) is 0 Å². The highest BCUT2D eigenvalue weighted by Gasteiger charge is 2.33. The first-order valence-electron chi connectivity index (χ1n) is 14.2. The number of morpholine rings is 1. The molecule has 1 aliphatic rings. The van der Waals surface area contributed by atoms with Gasteiger partial charge in [-0.1, -0.05) is 54.6 Å². The van der Waals surface area contributed by atoms with Crippen LogP contribution in [-0.4, -0.2) is 81.9 Å². The number of nitriles is 1. The number of likely N-dealkylation sites (N-methyl/N-ethyl adjacent to an activating group) is 1. The molecule has 43 heavy (non-hydrogen) atoms. The number of aromatic nitrogens is 2. The Hall–Kier alpha value is -5.01. The van der Waals surface area contributed by atoms with E-state index in [2.05, 4.69) is 11.1 Å². The number of fused-ring (bicyclic) bond motifs is 1. The minimum Gasteiger partial charge on any atom is -0.378 e. The quantitative estimate of drug-likeness (QED) is 0.253. The summed E-state index contributed by atoms with van der Waals surface area (Å²) < 4.78 is 7.33. The first-order chi connectivity index (χ1) is 21.0. The van der Waals surface area contributed by atoms with Crippen molar-refractivity contribution in [3.8, 4) is 6.07 Å². The van der Waals surface area contributed by atoms with Crippen LogP contribution in [0.25, 0.3) is 10.8 Å². The Bertz CT molecular complexity index is 1620. The maximum absolute atomic E-state index is 14.1. The topological polar surface area (TPSA) is 112 Å². The third-order valence-electron chi connectivity index (χ3n) is 7.80. The summed E-state index contributed by atoms with van der Waals surface area (Å²) in [4.78, 5) is 48.9. The fraction of sp³-hybridized carbons (Fsp3) is 0.303. The van der Waals surface area contributed by atoms with Crippen LogP contribution in [-0.2, 0) is 38.8 Å². The monoisotopic (exact) mass is 578 g/mol. The lowest BCUT2D eigenvalue weighted by Gasteiger charge is -2.33. The Balaban J connectivity index is 1.37. The van der Waals surface area contributed by atoms with Crippen molar-refractivity contribution in [1.82, 2.24) is 24.3 Å². The van der Waals surface area contributed by atoms with Gasteiger partial charge in [-0.15, -0.1) is 0 Å². The summed E-state index contributed by atoms with van der Waals surface area (Å²) in [5.74, 6) is -0.522. The normalized spacial score (nSPS) is 13.7. The van der Waals surface area contributed by atoms with Crippen LogP contribution in [0.1, 0.15) is 28.8 Å². The Morgan fingerprint density at radius 2 is 1.79 bits per heavy atom. The van der Waals surface area contributed by atoms with E-state index in [4.69, 9.17) is 10.00 Å². The second-order valence-corrected chi connectivity index (χ2v) is 10.6. The summed E-state index contributed by atoms with van der Waals surface area (Å²) in [5, 5.41) is 11.1. The lowest BCUT2D eigenvalue weighted by atomic mass is 10.0. The van der Waals surface area contributed by atoms with Crippen LogP contribution < -0.4 is 0 Å². The van der Waals surface area contributed by atoms with E-state index in [9.17, 15) is 14.4 Å². The van der Waals surface area contributed by atoms with Gasteiger partial charge in [0.2, 0.25) is 18.2 Å². The third kappa shape index (κ3) is 7.08. The molecule has 1 saturated heterocycles. The van der Waals surface area contributed by atoms with Crippen LogP contribution in [0.3, 0.4) is 0 Å². The van der Waals surface area contributed by atoms with Crippen molar-refractivity contribution in [2.45, 2.75) is 32.1 Å². The fourth-order valence-electron chi connectivity index (χ4n) is 5.38. The number of benzene rings is 3. The highest BCUT2D eigenvalue weighted by molar-refractivity contribution is 5.90. The molecule has 0 N–H and O–H groups in total. The van der Waals surface area contributed by atoms with Crippen molar-refractivity contribution in [3.63, 3.8) is 0 Å². The number of nitrogens with zero attached hydrogens (tertiary/aromatic N) is 6. The van der Waals surface area contributed by atoms with Gasteiger partial charge in [-0.2, -0.15) is 5.26 Å². The van der Waals surface area contributed by atoms with E-state index >= 15 is 0 Å². The molecule has 0 bridgehead atoms. The van der Waals surface area contributed by atoms with Crippen LogP contribution >= 0.6 is 0 Å². The summed E-state index contributed by atoms with van der Waals surface area (Å²) in [5.41, 5.74) is 3.26. The lowest BCUT2D eigenvalue weighted by Crippen LogP contribution is -2.50. The second kappa shape index (κ2) is 13.8. The number of carbonyl (C=O) groups excluding carboxylic acids is 3. The lowest BCUT2D eigenvalue weighted by molar-refractivity contribution is -0.146. The second-order valence-electron chi connectivity index (χ2n) is 10.6. The first-order valence-corrected chi connectivity index (χ1v) is 14.2. The highest BCUT2D eigenvalue weighted by Crippen LogP contribution is 2.22. The molecule has 3 aromatic carbocycles. The smallest absolute Gasteiger partial charge is 0.246 e. The Morgan fingerprint density at radius 1 is 1.05 bits per heavy atom. The van der Waals surface area contributed by atoms with Gasteiger partial charge in [0.1, 0.15) is 6.04 Å². The summed E-state index contributed by atoms with van der Waals surface area (Å²) in [6, 6.07) is 22.2. The van der Waals surface area contributed by atoms with Crippen LogP contribution in [0.2, 0.25) is 0 Å². The van der Waals surface area contributed by atoms with Gasteiger partial charge in [-0.25, -0.2) is 4.98 Å². The molecular formula is C33H34N6O4. The summed E-state index contributed by atoms with van der Waals surface area (Å²) in [6.45, 7) is 2.73. The molecule has 1 aliphatic heterocycles. The molecule has 10 nitrogen and oxygen atoms in total. The predicted octanol–water partition coefficient (Wildman–Crippen LogP) is 3.19. The van der Waals surface area contributed by atoms with Crippen molar-refractivity contribution in [1.29, 1.82) is 5.26 Å². The molecule has 5 rings (SSSR count). The largest absolute Gasteiger partial charge is 0.378 e. The van der Waals surface area contributed by atoms with Gasteiger partial charge in [0.05, 0.1) is 49.8 Å². The fourth-order valence-corrected chi connectivity index (χ4v) is 5.38. The number of imidazole rings is 1. The molecule has 0 spiro atoms. The Morgan fingerprint density at radius 3 is 2.53 bits per heavy atom. The summed E-state index contributed by atoms with van der Waals surface area (Å²) in [7, 11) is 1.68. The maximum atomic E-state index is 14.1. The van der Waals surface area contributed by atoms with Gasteiger partial charge in [0, 0.05) is 39.4 Å². The zero-order valence-electron chi connectivity index (χ0n) is 24.1. The standard InChI is InChI=1S/C33H34N6O4/c1-36(22-29-19-35-23-38(29)20-26-11-9-25(18-34)10-12-26)33(42)31(17-32(41)37-13-15-43-16-14-37)39(24-40)21-28-7-4-6-27-5-2-3-8-30(27)28/h2-12,19,23-24,31H,13-17,20-22H2,1H3/t31-/m0/s1. The van der Waals surface area contributed by atoms with E-state index in [0.29, 0.717) is 44.8 Å². The van der Waals surface area contributed by atoms with E-state index in [1.54, 1.807) is 41.5 Å². The van der Waals surface area contributed by atoms with Crippen LogP contribution in [0, 0.1) is 11.3 Å². The molecule has 4 aromatic rings. The molecule has 220 valence electrons. The molecule has 1 aromatic heterocycles. The number of hydrogen-bond donors (Lipinski definition) is 0. The van der Waals surface area contributed by atoms with E-state index in [1.807, 2.05) is 59.2 Å². The highest BCUT2D eigenvalue weighted by atomic mass is 16.5. The van der Waals surface area contributed by atoms with Crippen molar-refractivity contribution in [2.75, 3.05) is 33.4 Å². The van der Waals surface area contributed by atoms with Crippen LogP contribution in [0.5, 0.6) is 0 Å². The van der Waals surface area contributed by atoms with E-state index < -0.39 is 6.04 Å². The SMILES string of the molecule is CN(Cc1cncn1Cc1ccc(C#N)cc1)C(=O)[C@H](CC(=O)N1CCOCC1)N(C=O)Cc1cccc2ccccc12. The molecule has 0 unspecified atom stereocenters. The zero-order valence-corrected chi connectivity index (χ0v) is 24.1. The minimum absolute atomic E-state index is 0.128. The molecule has 0 radical (unpaired) electrons. The number of ether oxygens (including phenoxy) is 1. The van der Waals surface area contributed by atoms with E-state index in [0.717, 1.165) is 27.6 Å². The summed E-state index contributed by atoms with van der Waals surface area (Å²) in [6.07, 6.45) is 3.94. The number of carbonyl (C=O) groups is 3. The van der Waals surface area contributed by atoms with Gasteiger partial charge in [-0.3, -0.25) is 14.4 Å². The van der Waals surface area contributed by atoms with Crippen molar-refractivity contribution >= 4 is 29.0 Å². The van der Waals surface area contributed by atoms with Gasteiger partial charge >= 0.3 is 0 Å². The molecule has 1 fully saturated rings. The Labute approximate surface area is 250 Å². The minimum atomic E-state index is -0.994. The molecule has 10 heteroatoms. The summed E-state index contributed by atoms with van der Waals surface area (Å²) >= 11 is 0. The van der Waals surface area contributed by atoms with Gasteiger partial charge < -0.3 is 24.0 Å². The first kappa shape index (κ1) is 29.5. The van der Waals surface area contributed by atoms with Gasteiger partial charge in [0.15, 0.2) is 0 Å². The zero-order chi connectivity index (χ0) is 30.2. The number of amides is 3. The molecule has 0 saturated carbocycles. The predicted molar refractivity (Wildman–Crippen MR) is 160 cm³/mol. The van der Waals surface area contributed by atoms with E-state index in [1.165, 1.54) is 4.90 Å². The van der Waals surface area contributed by atoms with Gasteiger partial charge in [0.25, 0.3) is 0 Å². The maximum Gasteiger partial charge on any atom is 0.246 e. The van der Waals surface area contributed by atoms with Crippen molar-refractivity contribution in [3.05, 3.63) is 102 Å².